The van der Waals surface area contributed by atoms with Crippen LogP contribution in [0.2, 0.25) is 0 Å². The number of carbonyl (C=O) groups excluding carboxylic acids is 1. The summed E-state index contributed by atoms with van der Waals surface area (Å²) in [7, 11) is 3.61. The topological polar surface area (TPSA) is 76.5 Å². The molecule has 6 heteroatoms. The summed E-state index contributed by atoms with van der Waals surface area (Å²) in [6.45, 7) is 2.00. The number of benzene rings is 2. The first-order valence-electron chi connectivity index (χ1n) is 10.0. The number of likely N-dealkylation sites (N-methyl/N-ethyl adjacent to an activating group) is 1. The van der Waals surface area contributed by atoms with Crippen LogP contribution in [-0.4, -0.2) is 33.6 Å². The maximum absolute atomic E-state index is 13.4. The van der Waals surface area contributed by atoms with Gasteiger partial charge in [-0.2, -0.15) is 5.10 Å². The van der Waals surface area contributed by atoms with Crippen molar-refractivity contribution in [2.45, 2.75) is 37.1 Å². The summed E-state index contributed by atoms with van der Waals surface area (Å²) in [6.07, 6.45) is 4.36. The van der Waals surface area contributed by atoms with Gasteiger partial charge in [-0.25, -0.2) is 4.99 Å². The number of aryl methyl sites for hydroxylation is 1. The molecular weight excluding hydrogens is 362 g/mol. The molecule has 1 fully saturated rings. The van der Waals surface area contributed by atoms with Crippen LogP contribution in [0.3, 0.4) is 0 Å². The van der Waals surface area contributed by atoms with E-state index in [1.165, 1.54) is 23.3 Å². The predicted molar refractivity (Wildman–Crippen MR) is 114 cm³/mol. The highest BCUT2D eigenvalue weighted by atomic mass is 16.2. The van der Waals surface area contributed by atoms with Crippen LogP contribution in [0.4, 0.5) is 0 Å². The fourth-order valence-electron chi connectivity index (χ4n) is 4.46. The van der Waals surface area contributed by atoms with Gasteiger partial charge in [0.05, 0.1) is 17.6 Å². The summed E-state index contributed by atoms with van der Waals surface area (Å²) >= 11 is 0. The smallest absolute Gasteiger partial charge is 0.239 e. The number of aromatic nitrogens is 2. The average molecular weight is 387 g/mol. The monoisotopic (exact) mass is 387 g/mol. The van der Waals surface area contributed by atoms with E-state index in [4.69, 9.17) is 10.7 Å². The van der Waals surface area contributed by atoms with Crippen molar-refractivity contribution in [3.8, 4) is 0 Å². The van der Waals surface area contributed by atoms with Gasteiger partial charge in [0.15, 0.2) is 5.96 Å². The Labute approximate surface area is 170 Å². The third kappa shape index (κ3) is 2.74. The van der Waals surface area contributed by atoms with Crippen molar-refractivity contribution >= 4 is 22.8 Å². The SMILES string of the molecule is CN1C(=O)[C@@H](c2ccc(C3CC3)cc2)[C@@](C)(c2ccc3cnn(C)c3c2)N=C1N. The third-order valence-electron chi connectivity index (χ3n) is 6.48. The maximum Gasteiger partial charge on any atom is 0.239 e. The molecule has 0 bridgehead atoms. The van der Waals surface area contributed by atoms with Gasteiger partial charge in [0.25, 0.3) is 0 Å². The molecule has 2 N–H and O–H groups in total. The van der Waals surface area contributed by atoms with E-state index < -0.39 is 11.5 Å². The summed E-state index contributed by atoms with van der Waals surface area (Å²) < 4.78 is 1.84. The van der Waals surface area contributed by atoms with Gasteiger partial charge in [-0.15, -0.1) is 0 Å². The second-order valence-electron chi connectivity index (χ2n) is 8.43. The number of nitrogens with zero attached hydrogens (tertiary/aromatic N) is 4. The van der Waals surface area contributed by atoms with Crippen molar-refractivity contribution in [1.82, 2.24) is 14.7 Å². The van der Waals surface area contributed by atoms with Crippen molar-refractivity contribution in [3.63, 3.8) is 0 Å². The van der Waals surface area contributed by atoms with Crippen molar-refractivity contribution in [2.75, 3.05) is 7.05 Å². The zero-order chi connectivity index (χ0) is 20.3. The Morgan fingerprint density at radius 1 is 1.07 bits per heavy atom. The van der Waals surface area contributed by atoms with Crippen LogP contribution in [0, 0.1) is 0 Å². The molecule has 148 valence electrons. The Morgan fingerprint density at radius 3 is 2.45 bits per heavy atom. The lowest BCUT2D eigenvalue weighted by atomic mass is 9.74. The van der Waals surface area contributed by atoms with E-state index >= 15 is 0 Å². The molecule has 2 atom stereocenters. The number of carbonyl (C=O) groups is 1. The third-order valence-corrected chi connectivity index (χ3v) is 6.48. The van der Waals surface area contributed by atoms with Crippen molar-refractivity contribution in [1.29, 1.82) is 0 Å². The Hall–Kier alpha value is -3.15. The number of fused-ring (bicyclic) bond motifs is 1. The molecular formula is C23H25N5O. The largest absolute Gasteiger partial charge is 0.369 e. The van der Waals surface area contributed by atoms with Crippen LogP contribution < -0.4 is 5.73 Å². The second-order valence-corrected chi connectivity index (χ2v) is 8.43. The molecule has 1 aliphatic heterocycles. The zero-order valence-electron chi connectivity index (χ0n) is 17.0. The van der Waals surface area contributed by atoms with Crippen molar-refractivity contribution in [3.05, 3.63) is 65.4 Å². The molecule has 1 amide bonds. The van der Waals surface area contributed by atoms with E-state index in [1.807, 2.05) is 37.0 Å². The minimum atomic E-state index is -0.798. The van der Waals surface area contributed by atoms with Gasteiger partial charge < -0.3 is 5.73 Å². The maximum atomic E-state index is 13.4. The van der Waals surface area contributed by atoms with Gasteiger partial charge in [0.2, 0.25) is 5.91 Å². The number of nitrogens with two attached hydrogens (primary N) is 1. The summed E-state index contributed by atoms with van der Waals surface area (Å²) in [5.74, 6) is 0.442. The van der Waals surface area contributed by atoms with Gasteiger partial charge in [-0.3, -0.25) is 14.4 Å². The quantitative estimate of drug-likeness (QED) is 0.750. The fourth-order valence-corrected chi connectivity index (χ4v) is 4.46. The number of amides is 1. The minimum absolute atomic E-state index is 0.0377. The summed E-state index contributed by atoms with van der Waals surface area (Å²) in [4.78, 5) is 19.7. The van der Waals surface area contributed by atoms with E-state index in [0.29, 0.717) is 5.92 Å². The molecule has 2 aromatic carbocycles. The first-order chi connectivity index (χ1) is 13.9. The predicted octanol–water partition coefficient (Wildman–Crippen LogP) is 3.24. The van der Waals surface area contributed by atoms with E-state index in [1.54, 1.807) is 7.05 Å². The molecule has 1 saturated carbocycles. The number of hydrogen-bond donors (Lipinski definition) is 1. The number of aliphatic imine (C=N–C) groups is 1. The standard InChI is InChI=1S/C23H25N5O/c1-23(18-11-10-17-13-25-28(3)19(17)12-18)20(21(29)27(2)22(24)26-23)16-8-6-15(7-9-16)14-4-5-14/h6-14,20H,4-5H2,1-3H3,(H2,24,26)/t20-,23-/m1/s1. The number of guanidine groups is 1. The fraction of sp³-hybridized carbons (Fsp3) is 0.348. The highest BCUT2D eigenvalue weighted by Gasteiger charge is 2.47. The van der Waals surface area contributed by atoms with Crippen molar-refractivity contribution < 1.29 is 4.79 Å². The van der Waals surface area contributed by atoms with Gasteiger partial charge in [0, 0.05) is 19.5 Å². The van der Waals surface area contributed by atoms with Crippen LogP contribution >= 0.6 is 0 Å². The summed E-state index contributed by atoms with van der Waals surface area (Å²) in [5, 5.41) is 5.39. The Morgan fingerprint density at radius 2 is 1.76 bits per heavy atom. The molecule has 2 heterocycles. The van der Waals surface area contributed by atoms with Crippen LogP contribution in [0.1, 0.15) is 48.3 Å². The molecule has 5 rings (SSSR count). The highest BCUT2D eigenvalue weighted by Crippen LogP contribution is 2.45. The number of hydrogen-bond acceptors (Lipinski definition) is 4. The molecule has 1 aliphatic carbocycles. The first-order valence-corrected chi connectivity index (χ1v) is 10.0. The zero-order valence-corrected chi connectivity index (χ0v) is 17.0. The first kappa shape index (κ1) is 17.9. The lowest BCUT2D eigenvalue weighted by Crippen LogP contribution is -2.52. The van der Waals surface area contributed by atoms with Crippen LogP contribution in [0.15, 0.2) is 53.7 Å². The molecule has 1 aromatic heterocycles. The Bertz CT molecular complexity index is 1140. The molecule has 0 saturated heterocycles. The van der Waals surface area contributed by atoms with E-state index in [2.05, 4.69) is 35.4 Å². The lowest BCUT2D eigenvalue weighted by molar-refractivity contribution is -0.130. The molecule has 0 spiro atoms. The van der Waals surface area contributed by atoms with Crippen LogP contribution in [0.25, 0.3) is 10.9 Å². The average Bonchev–Trinajstić information content (AvgIpc) is 3.50. The van der Waals surface area contributed by atoms with Crippen LogP contribution in [0.5, 0.6) is 0 Å². The lowest BCUT2D eigenvalue weighted by Gasteiger charge is -2.41. The van der Waals surface area contributed by atoms with Crippen molar-refractivity contribution in [2.24, 2.45) is 17.8 Å². The number of rotatable bonds is 3. The van der Waals surface area contributed by atoms with Gasteiger partial charge in [0.1, 0.15) is 5.54 Å². The molecule has 2 aliphatic rings. The molecule has 0 radical (unpaired) electrons. The van der Waals surface area contributed by atoms with E-state index in [9.17, 15) is 4.79 Å². The van der Waals surface area contributed by atoms with E-state index in [0.717, 1.165) is 22.0 Å². The van der Waals surface area contributed by atoms with Gasteiger partial charge in [-0.05, 0) is 48.4 Å². The normalized spacial score (nSPS) is 24.8. The summed E-state index contributed by atoms with van der Waals surface area (Å²) in [5.41, 5.74) is 9.64. The molecule has 3 aromatic rings. The highest BCUT2D eigenvalue weighted by molar-refractivity contribution is 6.02. The van der Waals surface area contributed by atoms with Gasteiger partial charge >= 0.3 is 0 Å². The molecule has 29 heavy (non-hydrogen) atoms. The minimum Gasteiger partial charge on any atom is -0.369 e. The second kappa shape index (κ2) is 6.17. The van der Waals surface area contributed by atoms with Crippen LogP contribution in [-0.2, 0) is 17.4 Å². The molecule has 6 nitrogen and oxygen atoms in total. The Kier molecular flexibility index (Phi) is 3.81. The Balaban J connectivity index is 1.66. The molecule has 0 unspecified atom stereocenters. The summed E-state index contributed by atoms with van der Waals surface area (Å²) in [6, 6.07) is 14.6. The van der Waals surface area contributed by atoms with Gasteiger partial charge in [-0.1, -0.05) is 36.4 Å². The van der Waals surface area contributed by atoms with E-state index in [-0.39, 0.29) is 11.9 Å².